The fourth-order valence-corrected chi connectivity index (χ4v) is 1.31. The van der Waals surface area contributed by atoms with Gasteiger partial charge in [0.2, 0.25) is 0 Å². The SMILES string of the molecule is N#CCC1(CBr)COC1. The van der Waals surface area contributed by atoms with Crippen molar-refractivity contribution in [2.24, 2.45) is 5.41 Å². The number of rotatable bonds is 2. The first-order chi connectivity index (χ1) is 4.33. The molecule has 0 aromatic heterocycles. The molecule has 1 fully saturated rings. The Morgan fingerprint density at radius 1 is 1.67 bits per heavy atom. The number of halogens is 1. The number of hydrogen-bond donors (Lipinski definition) is 0. The van der Waals surface area contributed by atoms with E-state index in [0.29, 0.717) is 6.42 Å². The quantitative estimate of drug-likeness (QED) is 0.615. The third-order valence-electron chi connectivity index (χ3n) is 1.55. The molecule has 1 rings (SSSR count). The predicted octanol–water partition coefficient (Wildman–Crippen LogP) is 1.31. The van der Waals surface area contributed by atoms with Gasteiger partial charge in [0.05, 0.1) is 19.3 Å². The van der Waals surface area contributed by atoms with Gasteiger partial charge in [-0.1, -0.05) is 15.9 Å². The minimum atomic E-state index is 0.148. The predicted molar refractivity (Wildman–Crippen MR) is 37.3 cm³/mol. The topological polar surface area (TPSA) is 33.0 Å². The van der Waals surface area contributed by atoms with E-state index >= 15 is 0 Å². The Balaban J connectivity index is 2.39. The largest absolute Gasteiger partial charge is 0.380 e. The summed E-state index contributed by atoms with van der Waals surface area (Å²) in [5.41, 5.74) is 0.148. The average molecular weight is 190 g/mol. The summed E-state index contributed by atoms with van der Waals surface area (Å²) >= 11 is 3.35. The molecule has 1 aliphatic heterocycles. The Labute approximate surface area is 62.9 Å². The molecule has 1 aliphatic rings. The number of nitrogens with zero attached hydrogens (tertiary/aromatic N) is 1. The highest BCUT2D eigenvalue weighted by atomic mass is 79.9. The summed E-state index contributed by atoms with van der Waals surface area (Å²) in [5.74, 6) is 0. The molecule has 0 aliphatic carbocycles. The molecule has 0 spiro atoms. The van der Waals surface area contributed by atoms with Gasteiger partial charge in [-0.3, -0.25) is 0 Å². The third kappa shape index (κ3) is 1.25. The first-order valence-corrected chi connectivity index (χ1v) is 3.96. The van der Waals surface area contributed by atoms with Crippen LogP contribution in [0.1, 0.15) is 6.42 Å². The molecule has 0 amide bonds. The van der Waals surface area contributed by atoms with Crippen LogP contribution in [0, 0.1) is 16.7 Å². The standard InChI is InChI=1S/C6H8BrNO/c7-3-6(1-2-8)4-9-5-6/h1,3-5H2. The van der Waals surface area contributed by atoms with Gasteiger partial charge in [-0.15, -0.1) is 0 Å². The molecule has 1 saturated heterocycles. The second-order valence-electron chi connectivity index (χ2n) is 2.46. The van der Waals surface area contributed by atoms with Crippen LogP contribution in [-0.4, -0.2) is 18.5 Å². The first kappa shape index (κ1) is 7.04. The lowest BCUT2D eigenvalue weighted by Gasteiger charge is -2.37. The number of hydrogen-bond acceptors (Lipinski definition) is 2. The summed E-state index contributed by atoms with van der Waals surface area (Å²) in [6, 6.07) is 2.15. The summed E-state index contributed by atoms with van der Waals surface area (Å²) in [4.78, 5) is 0. The molecular formula is C6H8BrNO. The van der Waals surface area contributed by atoms with Crippen LogP contribution in [0.4, 0.5) is 0 Å². The van der Waals surface area contributed by atoms with Crippen molar-refractivity contribution in [3.8, 4) is 6.07 Å². The molecular weight excluding hydrogens is 182 g/mol. The molecule has 0 bridgehead atoms. The molecule has 0 saturated carbocycles. The number of ether oxygens (including phenoxy) is 1. The molecule has 0 aromatic rings. The molecule has 0 atom stereocenters. The summed E-state index contributed by atoms with van der Waals surface area (Å²) in [6.45, 7) is 1.48. The average Bonchev–Trinajstić information content (AvgIpc) is 1.79. The van der Waals surface area contributed by atoms with Gasteiger partial charge in [-0.05, 0) is 0 Å². The lowest BCUT2D eigenvalue weighted by Crippen LogP contribution is -2.43. The van der Waals surface area contributed by atoms with Gasteiger partial charge >= 0.3 is 0 Å². The van der Waals surface area contributed by atoms with Crippen molar-refractivity contribution in [2.75, 3.05) is 18.5 Å². The van der Waals surface area contributed by atoms with Crippen molar-refractivity contribution in [2.45, 2.75) is 6.42 Å². The second-order valence-corrected chi connectivity index (χ2v) is 3.02. The van der Waals surface area contributed by atoms with E-state index in [2.05, 4.69) is 22.0 Å². The monoisotopic (exact) mass is 189 g/mol. The van der Waals surface area contributed by atoms with E-state index in [1.54, 1.807) is 0 Å². The minimum Gasteiger partial charge on any atom is -0.380 e. The van der Waals surface area contributed by atoms with Crippen LogP contribution >= 0.6 is 15.9 Å². The molecule has 3 heteroatoms. The van der Waals surface area contributed by atoms with Gasteiger partial charge in [0.1, 0.15) is 0 Å². The summed E-state index contributed by atoms with van der Waals surface area (Å²) < 4.78 is 5.00. The van der Waals surface area contributed by atoms with Gasteiger partial charge in [-0.2, -0.15) is 5.26 Å². The molecule has 50 valence electrons. The Bertz CT molecular complexity index is 131. The van der Waals surface area contributed by atoms with Gasteiger partial charge in [-0.25, -0.2) is 0 Å². The van der Waals surface area contributed by atoms with Crippen molar-refractivity contribution in [1.82, 2.24) is 0 Å². The van der Waals surface area contributed by atoms with E-state index in [0.717, 1.165) is 18.5 Å². The third-order valence-corrected chi connectivity index (χ3v) is 2.74. The Morgan fingerprint density at radius 3 is 2.44 bits per heavy atom. The van der Waals surface area contributed by atoms with E-state index < -0.39 is 0 Å². The van der Waals surface area contributed by atoms with Gasteiger partial charge < -0.3 is 4.74 Å². The van der Waals surface area contributed by atoms with Crippen LogP contribution < -0.4 is 0 Å². The van der Waals surface area contributed by atoms with Crippen LogP contribution in [0.5, 0.6) is 0 Å². The van der Waals surface area contributed by atoms with Crippen molar-refractivity contribution < 1.29 is 4.74 Å². The molecule has 9 heavy (non-hydrogen) atoms. The molecule has 0 radical (unpaired) electrons. The van der Waals surface area contributed by atoms with E-state index in [4.69, 9.17) is 10.00 Å². The zero-order valence-electron chi connectivity index (χ0n) is 5.06. The minimum absolute atomic E-state index is 0.148. The van der Waals surface area contributed by atoms with Gasteiger partial charge in [0, 0.05) is 17.2 Å². The molecule has 0 unspecified atom stereocenters. The van der Waals surface area contributed by atoms with E-state index in [1.807, 2.05) is 0 Å². The Morgan fingerprint density at radius 2 is 2.33 bits per heavy atom. The fraction of sp³-hybridized carbons (Fsp3) is 0.833. The highest BCUT2D eigenvalue weighted by molar-refractivity contribution is 9.09. The summed E-state index contributed by atoms with van der Waals surface area (Å²) in [5, 5.41) is 9.25. The zero-order valence-corrected chi connectivity index (χ0v) is 6.65. The van der Waals surface area contributed by atoms with Crippen LogP contribution in [-0.2, 0) is 4.74 Å². The lowest BCUT2D eigenvalue weighted by molar-refractivity contribution is -0.0940. The van der Waals surface area contributed by atoms with Crippen molar-refractivity contribution in [3.63, 3.8) is 0 Å². The van der Waals surface area contributed by atoms with Crippen molar-refractivity contribution >= 4 is 15.9 Å². The molecule has 0 N–H and O–H groups in total. The molecule has 2 nitrogen and oxygen atoms in total. The lowest BCUT2D eigenvalue weighted by atomic mass is 9.86. The van der Waals surface area contributed by atoms with E-state index in [9.17, 15) is 0 Å². The number of nitriles is 1. The van der Waals surface area contributed by atoms with Gasteiger partial charge in [0.25, 0.3) is 0 Å². The zero-order chi connectivity index (χ0) is 6.74. The van der Waals surface area contributed by atoms with Crippen LogP contribution in [0.15, 0.2) is 0 Å². The first-order valence-electron chi connectivity index (χ1n) is 2.84. The Kier molecular flexibility index (Phi) is 2.09. The molecule has 1 heterocycles. The molecule has 0 aromatic carbocycles. The summed E-state index contributed by atoms with van der Waals surface area (Å²) in [6.07, 6.45) is 0.609. The highest BCUT2D eigenvalue weighted by Gasteiger charge is 2.37. The fourth-order valence-electron chi connectivity index (χ4n) is 0.785. The van der Waals surface area contributed by atoms with E-state index in [1.165, 1.54) is 0 Å². The maximum Gasteiger partial charge on any atom is 0.0629 e. The van der Waals surface area contributed by atoms with Crippen molar-refractivity contribution in [3.05, 3.63) is 0 Å². The van der Waals surface area contributed by atoms with E-state index in [-0.39, 0.29) is 5.41 Å². The smallest absolute Gasteiger partial charge is 0.0629 e. The number of alkyl halides is 1. The Hall–Kier alpha value is -0.0700. The highest BCUT2D eigenvalue weighted by Crippen LogP contribution is 2.32. The van der Waals surface area contributed by atoms with Crippen LogP contribution in [0.2, 0.25) is 0 Å². The van der Waals surface area contributed by atoms with Crippen molar-refractivity contribution in [1.29, 1.82) is 5.26 Å². The van der Waals surface area contributed by atoms with Crippen LogP contribution in [0.3, 0.4) is 0 Å². The van der Waals surface area contributed by atoms with Gasteiger partial charge in [0.15, 0.2) is 0 Å². The van der Waals surface area contributed by atoms with Crippen LogP contribution in [0.25, 0.3) is 0 Å². The maximum absolute atomic E-state index is 8.37. The summed E-state index contributed by atoms with van der Waals surface area (Å²) in [7, 11) is 0. The maximum atomic E-state index is 8.37. The normalized spacial score (nSPS) is 22.2. The second kappa shape index (κ2) is 2.68.